The summed E-state index contributed by atoms with van der Waals surface area (Å²) in [5.74, 6) is 2.53. The highest BCUT2D eigenvalue weighted by atomic mass is 32.2. The molecule has 0 fully saturated rings. The zero-order valence-electron chi connectivity index (χ0n) is 16.8. The van der Waals surface area contributed by atoms with Crippen molar-refractivity contribution in [2.24, 2.45) is 10.9 Å². The molecular formula is C21H28N2O5S. The smallest absolute Gasteiger partial charge is 0.175 e. The molecule has 1 aliphatic heterocycles. The third-order valence-corrected chi connectivity index (χ3v) is 5.31. The van der Waals surface area contributed by atoms with Gasteiger partial charge in [-0.3, -0.25) is 0 Å². The molecule has 8 heteroatoms. The van der Waals surface area contributed by atoms with Crippen molar-refractivity contribution in [3.63, 3.8) is 0 Å². The van der Waals surface area contributed by atoms with E-state index in [-0.39, 0.29) is 6.61 Å². The molecule has 0 radical (unpaired) electrons. The van der Waals surface area contributed by atoms with E-state index in [1.54, 1.807) is 13.2 Å². The molecule has 0 unspecified atom stereocenters. The number of aliphatic hydroxyl groups excluding tert-OH is 1. The maximum atomic E-state index is 9.58. The second kappa shape index (κ2) is 12.2. The van der Waals surface area contributed by atoms with Crippen molar-refractivity contribution in [1.29, 1.82) is 0 Å². The van der Waals surface area contributed by atoms with Crippen molar-refractivity contribution in [2.75, 3.05) is 27.4 Å². The first-order chi connectivity index (χ1) is 14.3. The van der Waals surface area contributed by atoms with Gasteiger partial charge in [0, 0.05) is 6.72 Å². The number of nitrogens with zero attached hydrogens (tertiary/aromatic N) is 1. The summed E-state index contributed by atoms with van der Waals surface area (Å²) in [5, 5.41) is 13.1. The number of hydrogen-bond acceptors (Lipinski definition) is 8. The fourth-order valence-corrected chi connectivity index (χ4v) is 3.88. The van der Waals surface area contributed by atoms with Gasteiger partial charge < -0.3 is 29.9 Å². The number of benzene rings is 2. The monoisotopic (exact) mass is 420 g/mol. The van der Waals surface area contributed by atoms with Gasteiger partial charge in [-0.25, -0.2) is 0 Å². The van der Waals surface area contributed by atoms with Crippen LogP contribution < -0.4 is 24.8 Å². The quantitative estimate of drug-likeness (QED) is 0.573. The van der Waals surface area contributed by atoms with Crippen molar-refractivity contribution >= 4 is 18.5 Å². The first-order valence-corrected chi connectivity index (χ1v) is 10.2. The maximum absolute atomic E-state index is 9.58. The zero-order valence-corrected chi connectivity index (χ0v) is 17.7. The van der Waals surface area contributed by atoms with Crippen LogP contribution in [-0.2, 0) is 6.61 Å². The molecule has 0 bridgehead atoms. The molecule has 0 saturated carbocycles. The van der Waals surface area contributed by atoms with Crippen LogP contribution in [0.25, 0.3) is 0 Å². The summed E-state index contributed by atoms with van der Waals surface area (Å²) < 4.78 is 17.6. The minimum atomic E-state index is -0.127. The number of nitrogens with two attached hydrogens (primary N) is 1. The van der Waals surface area contributed by atoms with Crippen LogP contribution in [0.2, 0.25) is 0 Å². The Bertz CT molecular complexity index is 801. The number of rotatable bonds is 4. The van der Waals surface area contributed by atoms with E-state index in [9.17, 15) is 5.11 Å². The van der Waals surface area contributed by atoms with Crippen molar-refractivity contribution in [1.82, 2.24) is 0 Å². The van der Waals surface area contributed by atoms with E-state index in [1.807, 2.05) is 24.3 Å². The van der Waals surface area contributed by atoms with Crippen molar-refractivity contribution in [2.45, 2.75) is 35.7 Å². The highest BCUT2D eigenvalue weighted by Crippen LogP contribution is 2.49. The van der Waals surface area contributed by atoms with Gasteiger partial charge >= 0.3 is 0 Å². The average Bonchev–Trinajstić information content (AvgIpc) is 2.75. The molecule has 2 aromatic carbocycles. The average molecular weight is 421 g/mol. The van der Waals surface area contributed by atoms with E-state index in [2.05, 4.69) is 17.6 Å². The van der Waals surface area contributed by atoms with Crippen LogP contribution >= 0.6 is 11.8 Å². The number of methoxy groups -OCH3 is 1. The van der Waals surface area contributed by atoms with Crippen molar-refractivity contribution in [3.05, 3.63) is 35.9 Å². The lowest BCUT2D eigenvalue weighted by molar-refractivity contribution is 0.261. The van der Waals surface area contributed by atoms with Crippen molar-refractivity contribution < 1.29 is 24.2 Å². The lowest BCUT2D eigenvalue weighted by atomic mass is 10.2. The zero-order chi connectivity index (χ0) is 21.1. The summed E-state index contributed by atoms with van der Waals surface area (Å²) in [7, 11) is 3.13. The van der Waals surface area contributed by atoms with Crippen molar-refractivity contribution in [3.8, 4) is 23.0 Å². The first kappa shape index (κ1) is 22.9. The first-order valence-electron chi connectivity index (χ1n) is 9.35. The standard InChI is InChI=1S/C20H23NO5S.CH5N/c1-21-26-18-12-14(13-22)11-17-20(18)27-19-15(23-2)7-6-8-16(19)24-9-4-3-5-10-25-17;1-2/h6-8,11-12,22H,1,3-5,9-10,13H2,2H3;2H2,1H3. The van der Waals surface area contributed by atoms with Gasteiger partial charge in [0.15, 0.2) is 5.75 Å². The van der Waals surface area contributed by atoms with Gasteiger partial charge in [-0.2, -0.15) is 0 Å². The highest BCUT2D eigenvalue weighted by molar-refractivity contribution is 7.99. The normalized spacial score (nSPS) is 13.5. The van der Waals surface area contributed by atoms with E-state index in [4.69, 9.17) is 19.0 Å². The molecule has 1 heterocycles. The van der Waals surface area contributed by atoms with E-state index in [1.165, 1.54) is 18.8 Å². The van der Waals surface area contributed by atoms with Crippen LogP contribution in [0, 0.1) is 0 Å². The van der Waals surface area contributed by atoms with Crippen LogP contribution in [0.3, 0.4) is 0 Å². The van der Waals surface area contributed by atoms with Crippen LogP contribution in [0.4, 0.5) is 0 Å². The lowest BCUT2D eigenvalue weighted by Gasteiger charge is -2.19. The minimum absolute atomic E-state index is 0.127. The summed E-state index contributed by atoms with van der Waals surface area (Å²) >= 11 is 1.42. The number of oxime groups is 1. The van der Waals surface area contributed by atoms with Gasteiger partial charge in [0.2, 0.25) is 0 Å². The van der Waals surface area contributed by atoms with E-state index in [0.29, 0.717) is 36.0 Å². The molecule has 2 aromatic rings. The Morgan fingerprint density at radius 1 is 1.07 bits per heavy atom. The third-order valence-electron chi connectivity index (χ3n) is 4.10. The van der Waals surface area contributed by atoms with Gasteiger partial charge in [-0.1, -0.05) is 23.0 Å². The molecule has 3 rings (SSSR count). The molecule has 3 N–H and O–H groups in total. The molecule has 29 heavy (non-hydrogen) atoms. The summed E-state index contributed by atoms with van der Waals surface area (Å²) in [5.41, 5.74) is 5.18. The Morgan fingerprint density at radius 3 is 2.41 bits per heavy atom. The Hall–Kier alpha value is -2.42. The van der Waals surface area contributed by atoms with E-state index >= 15 is 0 Å². The molecule has 0 atom stereocenters. The molecule has 0 saturated heterocycles. The number of aliphatic hydroxyl groups is 1. The van der Waals surface area contributed by atoms with Crippen LogP contribution in [0.1, 0.15) is 24.8 Å². The molecule has 158 valence electrons. The molecule has 0 amide bonds. The number of hydrogen-bond donors (Lipinski definition) is 2. The maximum Gasteiger partial charge on any atom is 0.175 e. The largest absolute Gasteiger partial charge is 0.495 e. The topological polar surface area (TPSA) is 95.5 Å². The molecule has 0 aromatic heterocycles. The Kier molecular flexibility index (Phi) is 9.63. The summed E-state index contributed by atoms with van der Waals surface area (Å²) in [6.07, 6.45) is 2.86. The van der Waals surface area contributed by atoms with Gasteiger partial charge in [-0.15, -0.1) is 0 Å². The van der Waals surface area contributed by atoms with Gasteiger partial charge in [0.1, 0.15) is 22.1 Å². The second-order valence-electron chi connectivity index (χ2n) is 5.95. The molecule has 7 nitrogen and oxygen atoms in total. The Balaban J connectivity index is 0.00000145. The molecule has 0 aliphatic carbocycles. The highest BCUT2D eigenvalue weighted by Gasteiger charge is 2.21. The SMILES string of the molecule is C=NOc1cc(CO)cc2c1Sc1c(OC)cccc1OCCCCCO2.CN. The summed E-state index contributed by atoms with van der Waals surface area (Å²) in [6, 6.07) is 9.26. The predicted octanol–water partition coefficient (Wildman–Crippen LogP) is 3.85. The van der Waals surface area contributed by atoms with E-state index < -0.39 is 0 Å². The third kappa shape index (κ3) is 6.03. The Morgan fingerprint density at radius 2 is 1.76 bits per heavy atom. The molecular weight excluding hydrogens is 392 g/mol. The van der Waals surface area contributed by atoms with Gasteiger partial charge in [0.05, 0.1) is 31.8 Å². The minimum Gasteiger partial charge on any atom is -0.495 e. The Labute approximate surface area is 175 Å². The number of ether oxygens (including phenoxy) is 3. The van der Waals surface area contributed by atoms with Crippen LogP contribution in [-0.4, -0.2) is 39.2 Å². The fourth-order valence-electron chi connectivity index (χ4n) is 2.79. The van der Waals surface area contributed by atoms with Gasteiger partial charge in [0.25, 0.3) is 0 Å². The van der Waals surface area contributed by atoms with E-state index in [0.717, 1.165) is 34.8 Å². The molecule has 0 spiro atoms. The lowest BCUT2D eigenvalue weighted by Crippen LogP contribution is -2.05. The summed E-state index contributed by atoms with van der Waals surface area (Å²) in [6.45, 7) is 4.49. The molecule has 1 aliphatic rings. The summed E-state index contributed by atoms with van der Waals surface area (Å²) in [4.78, 5) is 6.94. The number of fused-ring (bicyclic) bond motifs is 2. The predicted molar refractivity (Wildman–Crippen MR) is 115 cm³/mol. The fraction of sp³-hybridized carbons (Fsp3) is 0.381. The van der Waals surface area contributed by atoms with Crippen LogP contribution in [0.5, 0.6) is 23.0 Å². The van der Waals surface area contributed by atoms with Crippen LogP contribution in [0.15, 0.2) is 45.3 Å². The second-order valence-corrected chi connectivity index (χ2v) is 6.97. The van der Waals surface area contributed by atoms with Gasteiger partial charge in [-0.05, 0) is 56.1 Å².